The SMILES string of the molecule is C#CCNc1ncc(-c2cccc(-c3cnnn3[C@H]3CC[C@@H](C[C@@H](C)[C@@H]4CC(=O)[C@H](C)/C=C(\C)[C@@H](O)[C@@H](OC)C(=O)[C@H](C)C[C@H](C)/C=C/C=C/C=C(\C)[C@@H](OC)C[C@@H]5CC[C@@H](C)[C@@](O)(O5)C(=O)C(=O)N5CCCC[C@H]5C(=O)O4)C[C@H]3OC)c2)cn1. The number of allylic oxidation sites excluding steroid dienone is 6. The minimum atomic E-state index is -2.46. The molecule has 3 N–H and O–H groups in total. The summed E-state index contributed by atoms with van der Waals surface area (Å²) in [5, 5.41) is 35.7. The number of amides is 1. The molecule has 5 heterocycles. The van der Waals surface area contributed by atoms with Crippen LogP contribution < -0.4 is 5.32 Å². The molecule has 1 saturated carbocycles. The van der Waals surface area contributed by atoms with Crippen LogP contribution in [-0.4, -0.2) is 152 Å². The highest BCUT2D eigenvalue weighted by Gasteiger charge is 2.53. The summed E-state index contributed by atoms with van der Waals surface area (Å²) in [5.41, 5.74) is 4.68. The summed E-state index contributed by atoms with van der Waals surface area (Å²) in [6.45, 7) is 13.1. The molecule has 1 aromatic carbocycles. The molecule has 0 radical (unpaired) electrons. The molecule has 1 aliphatic carbocycles. The van der Waals surface area contributed by atoms with E-state index in [0.717, 1.165) is 34.4 Å². The van der Waals surface area contributed by atoms with Crippen molar-refractivity contribution in [2.75, 3.05) is 39.7 Å². The van der Waals surface area contributed by atoms with Crippen molar-refractivity contribution in [1.29, 1.82) is 0 Å². The van der Waals surface area contributed by atoms with Gasteiger partial charge in [-0.1, -0.05) is 100 Å². The molecule has 0 unspecified atom stereocenters. The standard InChI is InChI=1S/C66H89N7O12/c1-12-28-67-65-68-37-50(38-69-65)48-21-18-22-49(34-48)54-39-70-71-73(54)52-27-25-47(33-58(52)82-10)32-43(5)57-36-55(74)42(4)31-45(7)60(76)61(83-11)59(75)44(6)30-40(2)19-14-13-15-20-41(3)56(81-9)35-51-26-24-46(8)66(80,85-51)62(77)63(78)72-29-17-16-23-53(72)64(79)84-57/h1,13-15,18-22,31,34,37-40,42-44,46-47,51-53,56-58,60-61,76,80H,16-17,23-30,32-33,35-36H2,2-11H3,(H,67,68,69)/b15-13+,19-14+,41-20+,45-31+/t40-,42-,43-,44-,46-,47+,51+,52+,53+,56+,57+,58-,60-,61+,66-/m1/s1. The van der Waals surface area contributed by atoms with Gasteiger partial charge in [0.15, 0.2) is 5.78 Å². The monoisotopic (exact) mass is 1170 g/mol. The van der Waals surface area contributed by atoms with Crippen molar-refractivity contribution in [3.8, 4) is 34.7 Å². The van der Waals surface area contributed by atoms with Crippen molar-refractivity contribution in [3.05, 3.63) is 90.5 Å². The van der Waals surface area contributed by atoms with Gasteiger partial charge >= 0.3 is 5.97 Å². The number of fused-ring (bicyclic) bond motifs is 3. The van der Waals surface area contributed by atoms with Crippen molar-refractivity contribution in [2.45, 2.75) is 180 Å². The molecule has 2 aromatic heterocycles. The number of cyclic esters (lactones) is 1. The molecule has 19 heteroatoms. The number of esters is 1. The number of nitrogens with one attached hydrogen (secondary N) is 1. The largest absolute Gasteiger partial charge is 0.460 e. The van der Waals surface area contributed by atoms with Gasteiger partial charge in [-0.05, 0) is 119 Å². The van der Waals surface area contributed by atoms with Crippen molar-refractivity contribution < 1.29 is 57.9 Å². The molecule has 85 heavy (non-hydrogen) atoms. The second-order valence-corrected chi connectivity index (χ2v) is 24.1. The molecular formula is C66H89N7O12. The number of nitrogens with zero attached hydrogens (tertiary/aromatic N) is 6. The summed E-state index contributed by atoms with van der Waals surface area (Å²) < 4.78 is 32.4. The van der Waals surface area contributed by atoms with Crippen LogP contribution in [0.15, 0.2) is 90.5 Å². The fourth-order valence-corrected chi connectivity index (χ4v) is 12.6. The quantitative estimate of drug-likeness (QED) is 0.0703. The Balaban J connectivity index is 1.14. The van der Waals surface area contributed by atoms with Crippen molar-refractivity contribution >= 4 is 35.2 Å². The Morgan fingerprint density at radius 1 is 0.871 bits per heavy atom. The third-order valence-corrected chi connectivity index (χ3v) is 17.9. The van der Waals surface area contributed by atoms with Gasteiger partial charge in [0.1, 0.15) is 30.1 Å². The molecule has 1 amide bonds. The Labute approximate surface area is 501 Å². The van der Waals surface area contributed by atoms with E-state index in [1.165, 1.54) is 12.0 Å². The van der Waals surface area contributed by atoms with Crippen LogP contribution in [0.25, 0.3) is 22.4 Å². The second kappa shape index (κ2) is 30.7. The number of methoxy groups -OCH3 is 3. The van der Waals surface area contributed by atoms with Crippen LogP contribution in [-0.2, 0) is 47.7 Å². The van der Waals surface area contributed by atoms with E-state index in [2.05, 4.69) is 31.5 Å². The number of rotatable bonds is 11. The summed E-state index contributed by atoms with van der Waals surface area (Å²) in [7, 11) is 4.64. The highest BCUT2D eigenvalue weighted by molar-refractivity contribution is 6.39. The van der Waals surface area contributed by atoms with Crippen molar-refractivity contribution in [3.63, 3.8) is 0 Å². The Hall–Kier alpha value is -6.53. The first kappa shape index (κ1) is 66.0. The highest BCUT2D eigenvalue weighted by Crippen LogP contribution is 2.41. The predicted molar refractivity (Wildman–Crippen MR) is 322 cm³/mol. The number of aliphatic hydroxyl groups excluding tert-OH is 1. The molecule has 3 fully saturated rings. The maximum absolute atomic E-state index is 14.8. The number of benzene rings is 1. The lowest BCUT2D eigenvalue weighted by Gasteiger charge is -2.42. The Kier molecular flexibility index (Phi) is 23.8. The number of aliphatic hydroxyl groups is 2. The average molecular weight is 1170 g/mol. The number of piperidine rings is 1. The first-order valence-electron chi connectivity index (χ1n) is 30.2. The maximum atomic E-state index is 14.8. The van der Waals surface area contributed by atoms with E-state index in [1.807, 2.05) is 87.0 Å². The average Bonchev–Trinajstić information content (AvgIpc) is 4.20. The zero-order valence-corrected chi connectivity index (χ0v) is 51.2. The van der Waals surface area contributed by atoms with Crippen molar-refractivity contribution in [2.24, 2.45) is 35.5 Å². The smallest absolute Gasteiger partial charge is 0.329 e. The molecule has 15 atom stereocenters. The van der Waals surface area contributed by atoms with Crippen LogP contribution in [0.3, 0.4) is 0 Å². The molecule has 2 bridgehead atoms. The Morgan fingerprint density at radius 3 is 2.34 bits per heavy atom. The fourth-order valence-electron chi connectivity index (χ4n) is 12.6. The summed E-state index contributed by atoms with van der Waals surface area (Å²) in [5.74, 6) is -5.29. The molecule has 4 aliphatic rings. The third-order valence-electron chi connectivity index (χ3n) is 17.9. The van der Waals surface area contributed by atoms with Crippen molar-refractivity contribution in [1.82, 2.24) is 29.9 Å². The number of Topliss-reactive ketones (excluding diaryl/α,β-unsaturated/α-hetero) is 3. The van der Waals surface area contributed by atoms with E-state index in [0.29, 0.717) is 75.9 Å². The zero-order valence-electron chi connectivity index (χ0n) is 51.2. The van der Waals surface area contributed by atoms with E-state index in [9.17, 15) is 34.2 Å². The highest BCUT2D eigenvalue weighted by atomic mass is 16.6. The lowest BCUT2D eigenvalue weighted by molar-refractivity contribution is -0.265. The number of carbonyl (C=O) groups excluding carboxylic acids is 5. The first-order valence-corrected chi connectivity index (χ1v) is 30.2. The van der Waals surface area contributed by atoms with Crippen LogP contribution in [0.2, 0.25) is 0 Å². The molecule has 3 aliphatic heterocycles. The molecular weight excluding hydrogens is 1080 g/mol. The van der Waals surface area contributed by atoms with Crippen LogP contribution in [0, 0.1) is 47.9 Å². The van der Waals surface area contributed by atoms with E-state index < -0.39 is 83.7 Å². The second-order valence-electron chi connectivity index (χ2n) is 24.1. The van der Waals surface area contributed by atoms with Crippen LogP contribution in [0.5, 0.6) is 0 Å². The predicted octanol–water partition coefficient (Wildman–Crippen LogP) is 8.82. The van der Waals surface area contributed by atoms with Gasteiger partial charge in [0.2, 0.25) is 11.7 Å². The minimum Gasteiger partial charge on any atom is -0.460 e. The van der Waals surface area contributed by atoms with E-state index >= 15 is 0 Å². The summed E-state index contributed by atoms with van der Waals surface area (Å²) in [6, 6.07) is 6.65. The van der Waals surface area contributed by atoms with Crippen LogP contribution in [0.1, 0.15) is 132 Å². The van der Waals surface area contributed by atoms with E-state index in [1.54, 1.807) is 59.7 Å². The first-order chi connectivity index (χ1) is 40.7. The Bertz CT molecular complexity index is 2950. The number of ether oxygens (including phenoxy) is 5. The molecule has 460 valence electrons. The van der Waals surface area contributed by atoms with Gasteiger partial charge in [0.25, 0.3) is 11.7 Å². The fraction of sp³-hybridized carbons (Fsp3) is 0.591. The van der Waals surface area contributed by atoms with Gasteiger partial charge in [-0.2, -0.15) is 0 Å². The van der Waals surface area contributed by atoms with Crippen LogP contribution in [0.4, 0.5) is 5.95 Å². The third kappa shape index (κ3) is 16.5. The number of anilines is 1. The lowest BCUT2D eigenvalue weighted by atomic mass is 9.77. The van der Waals surface area contributed by atoms with Gasteiger partial charge in [0, 0.05) is 82.0 Å². The molecule has 0 spiro atoms. The lowest BCUT2D eigenvalue weighted by Crippen LogP contribution is -2.61. The summed E-state index contributed by atoms with van der Waals surface area (Å²) >= 11 is 0. The van der Waals surface area contributed by atoms with Gasteiger partial charge in [-0.3, -0.25) is 19.2 Å². The Morgan fingerprint density at radius 2 is 1.62 bits per heavy atom. The summed E-state index contributed by atoms with van der Waals surface area (Å²) in [4.78, 5) is 82.3. The van der Waals surface area contributed by atoms with Gasteiger partial charge < -0.3 is 44.1 Å². The summed E-state index contributed by atoms with van der Waals surface area (Å²) in [6.07, 6.45) is 22.3. The molecule has 3 aromatic rings. The number of aromatic nitrogens is 5. The normalized spacial score (nSPS) is 33.5. The van der Waals surface area contributed by atoms with Gasteiger partial charge in [-0.25, -0.2) is 19.4 Å². The van der Waals surface area contributed by atoms with Crippen LogP contribution >= 0.6 is 0 Å². The maximum Gasteiger partial charge on any atom is 0.329 e. The number of hydrogen-bond acceptors (Lipinski definition) is 17. The zero-order chi connectivity index (χ0) is 61.5. The van der Waals surface area contributed by atoms with Gasteiger partial charge in [0.05, 0.1) is 42.8 Å². The van der Waals surface area contributed by atoms with Gasteiger partial charge in [-0.15, -0.1) is 11.5 Å². The molecule has 2 saturated heterocycles. The number of hydrogen-bond donors (Lipinski definition) is 3. The van der Waals surface area contributed by atoms with E-state index in [4.69, 9.17) is 30.1 Å². The van der Waals surface area contributed by atoms with E-state index in [-0.39, 0.29) is 54.9 Å². The molecule has 19 nitrogen and oxygen atoms in total. The topological polar surface area (TPSA) is 244 Å². The number of carbonyl (C=O) groups is 5. The number of terminal acetylenes is 1. The molecule has 7 rings (SSSR count). The minimum absolute atomic E-state index is 0.000316. The number of ketones is 3.